The molecule has 1 aliphatic heterocycles. The minimum atomic E-state index is -0.314. The van der Waals surface area contributed by atoms with E-state index in [1.807, 2.05) is 45.0 Å². The summed E-state index contributed by atoms with van der Waals surface area (Å²) >= 11 is 0. The van der Waals surface area contributed by atoms with Gasteiger partial charge in [-0.3, -0.25) is 9.59 Å². The van der Waals surface area contributed by atoms with E-state index in [0.717, 1.165) is 16.8 Å². The summed E-state index contributed by atoms with van der Waals surface area (Å²) < 4.78 is 0. The minimum absolute atomic E-state index is 0.00125. The van der Waals surface area contributed by atoms with Crippen LogP contribution in [-0.4, -0.2) is 41.0 Å². The van der Waals surface area contributed by atoms with Gasteiger partial charge >= 0.3 is 0 Å². The van der Waals surface area contributed by atoms with Crippen molar-refractivity contribution in [1.82, 2.24) is 4.90 Å². The highest BCUT2D eigenvalue weighted by atomic mass is 16.3. The van der Waals surface area contributed by atoms with Crippen LogP contribution in [0.2, 0.25) is 0 Å². The summed E-state index contributed by atoms with van der Waals surface area (Å²) in [4.78, 5) is 28.6. The standard InChI is InChI=1S/C20H22N2O3/c1-13-4-7-16(8-5-13)22-11-15(3)21(12-19(22)24)20(25)17-10-14(2)6-9-18(17)23/h4-10,15,23H,11-12H2,1-3H3. The monoisotopic (exact) mass is 338 g/mol. The average Bonchev–Trinajstić information content (AvgIpc) is 2.59. The minimum Gasteiger partial charge on any atom is -0.507 e. The van der Waals surface area contributed by atoms with Crippen molar-refractivity contribution in [2.24, 2.45) is 0 Å². The Bertz CT molecular complexity index is 814. The Kier molecular flexibility index (Phi) is 4.49. The zero-order valence-electron chi connectivity index (χ0n) is 14.7. The molecule has 1 saturated heterocycles. The van der Waals surface area contributed by atoms with Crippen molar-refractivity contribution < 1.29 is 14.7 Å². The van der Waals surface area contributed by atoms with Gasteiger partial charge in [0.2, 0.25) is 5.91 Å². The smallest absolute Gasteiger partial charge is 0.258 e. The summed E-state index contributed by atoms with van der Waals surface area (Å²) in [5, 5.41) is 10.0. The summed E-state index contributed by atoms with van der Waals surface area (Å²) in [5.74, 6) is -0.496. The molecule has 3 rings (SSSR count). The quantitative estimate of drug-likeness (QED) is 0.916. The fourth-order valence-electron chi connectivity index (χ4n) is 3.07. The van der Waals surface area contributed by atoms with Crippen LogP contribution in [0.3, 0.4) is 0 Å². The molecule has 2 amide bonds. The molecule has 1 atom stereocenters. The van der Waals surface area contributed by atoms with Crippen molar-refractivity contribution >= 4 is 17.5 Å². The number of piperazine rings is 1. The first-order valence-electron chi connectivity index (χ1n) is 8.34. The molecule has 1 N–H and O–H groups in total. The van der Waals surface area contributed by atoms with Gasteiger partial charge < -0.3 is 14.9 Å². The van der Waals surface area contributed by atoms with E-state index >= 15 is 0 Å². The lowest BCUT2D eigenvalue weighted by Gasteiger charge is -2.39. The van der Waals surface area contributed by atoms with Gasteiger partial charge in [0.05, 0.1) is 5.56 Å². The first-order chi connectivity index (χ1) is 11.9. The molecule has 1 fully saturated rings. The van der Waals surface area contributed by atoms with Gasteiger partial charge in [-0.05, 0) is 45.0 Å². The van der Waals surface area contributed by atoms with Crippen LogP contribution in [0.4, 0.5) is 5.69 Å². The Hall–Kier alpha value is -2.82. The van der Waals surface area contributed by atoms with Crippen LogP contribution in [0.25, 0.3) is 0 Å². The lowest BCUT2D eigenvalue weighted by Crippen LogP contribution is -2.57. The van der Waals surface area contributed by atoms with Crippen LogP contribution < -0.4 is 4.90 Å². The van der Waals surface area contributed by atoms with Gasteiger partial charge in [0.25, 0.3) is 5.91 Å². The maximum Gasteiger partial charge on any atom is 0.258 e. The fraction of sp³-hybridized carbons (Fsp3) is 0.300. The third-order valence-electron chi connectivity index (χ3n) is 4.57. The third-order valence-corrected chi connectivity index (χ3v) is 4.57. The Morgan fingerprint density at radius 2 is 1.72 bits per heavy atom. The molecule has 0 radical (unpaired) electrons. The Labute approximate surface area is 147 Å². The number of benzene rings is 2. The van der Waals surface area contributed by atoms with Gasteiger partial charge in [-0.15, -0.1) is 0 Å². The molecule has 5 heteroatoms. The summed E-state index contributed by atoms with van der Waals surface area (Å²) in [6.07, 6.45) is 0. The zero-order valence-corrected chi connectivity index (χ0v) is 14.7. The summed E-state index contributed by atoms with van der Waals surface area (Å²) in [6.45, 7) is 6.21. The molecule has 0 aliphatic carbocycles. The second-order valence-electron chi connectivity index (χ2n) is 6.64. The number of carbonyl (C=O) groups is 2. The normalized spacial score (nSPS) is 17.7. The molecule has 2 aromatic carbocycles. The Balaban J connectivity index is 1.82. The van der Waals surface area contributed by atoms with Crippen LogP contribution in [0.15, 0.2) is 42.5 Å². The molecule has 5 nitrogen and oxygen atoms in total. The maximum atomic E-state index is 12.8. The molecule has 0 saturated carbocycles. The van der Waals surface area contributed by atoms with Crippen LogP contribution in [0.1, 0.15) is 28.4 Å². The molecule has 0 spiro atoms. The number of phenols is 1. The lowest BCUT2D eigenvalue weighted by molar-refractivity contribution is -0.121. The SMILES string of the molecule is Cc1ccc(N2CC(C)N(C(=O)c3cc(C)ccc3O)CC2=O)cc1. The average molecular weight is 338 g/mol. The van der Waals surface area contributed by atoms with E-state index < -0.39 is 0 Å². The van der Waals surface area contributed by atoms with E-state index in [-0.39, 0.29) is 35.7 Å². The topological polar surface area (TPSA) is 60.9 Å². The molecule has 2 aromatic rings. The second kappa shape index (κ2) is 6.59. The van der Waals surface area contributed by atoms with Gasteiger partial charge in [-0.25, -0.2) is 0 Å². The van der Waals surface area contributed by atoms with Gasteiger partial charge in [-0.1, -0.05) is 29.3 Å². The largest absolute Gasteiger partial charge is 0.507 e. The Morgan fingerprint density at radius 3 is 2.40 bits per heavy atom. The molecule has 130 valence electrons. The van der Waals surface area contributed by atoms with E-state index in [2.05, 4.69) is 0 Å². The van der Waals surface area contributed by atoms with Gasteiger partial charge in [0, 0.05) is 18.3 Å². The van der Waals surface area contributed by atoms with E-state index in [1.54, 1.807) is 17.0 Å². The predicted octanol–water partition coefficient (Wildman–Crippen LogP) is 2.89. The number of phenolic OH excluding ortho intramolecular Hbond substituents is 1. The number of aromatic hydroxyl groups is 1. The van der Waals surface area contributed by atoms with Crippen molar-refractivity contribution in [1.29, 1.82) is 0 Å². The molecular weight excluding hydrogens is 316 g/mol. The van der Waals surface area contributed by atoms with Crippen LogP contribution >= 0.6 is 0 Å². The number of carbonyl (C=O) groups excluding carboxylic acids is 2. The lowest BCUT2D eigenvalue weighted by atomic mass is 10.1. The zero-order chi connectivity index (χ0) is 18.1. The number of amides is 2. The number of hydrogen-bond donors (Lipinski definition) is 1. The fourth-order valence-corrected chi connectivity index (χ4v) is 3.07. The third kappa shape index (κ3) is 3.36. The number of anilines is 1. The summed E-state index contributed by atoms with van der Waals surface area (Å²) in [5.41, 5.74) is 3.10. The Morgan fingerprint density at radius 1 is 1.08 bits per heavy atom. The van der Waals surface area contributed by atoms with Gasteiger partial charge in [-0.2, -0.15) is 0 Å². The number of aryl methyl sites for hydroxylation is 2. The highest BCUT2D eigenvalue weighted by Gasteiger charge is 2.34. The van der Waals surface area contributed by atoms with E-state index in [0.29, 0.717) is 6.54 Å². The maximum absolute atomic E-state index is 12.8. The van der Waals surface area contributed by atoms with Crippen molar-refractivity contribution in [3.63, 3.8) is 0 Å². The molecule has 1 heterocycles. The molecule has 25 heavy (non-hydrogen) atoms. The highest BCUT2D eigenvalue weighted by Crippen LogP contribution is 2.25. The molecule has 0 aromatic heterocycles. The van der Waals surface area contributed by atoms with E-state index in [4.69, 9.17) is 0 Å². The van der Waals surface area contributed by atoms with E-state index in [9.17, 15) is 14.7 Å². The summed E-state index contributed by atoms with van der Waals surface area (Å²) in [6, 6.07) is 12.5. The van der Waals surface area contributed by atoms with Crippen LogP contribution in [0, 0.1) is 13.8 Å². The van der Waals surface area contributed by atoms with E-state index in [1.165, 1.54) is 11.0 Å². The first-order valence-corrected chi connectivity index (χ1v) is 8.34. The number of hydrogen-bond acceptors (Lipinski definition) is 3. The van der Waals surface area contributed by atoms with Gasteiger partial charge in [0.15, 0.2) is 0 Å². The molecular formula is C20H22N2O3. The van der Waals surface area contributed by atoms with Gasteiger partial charge in [0.1, 0.15) is 12.3 Å². The van der Waals surface area contributed by atoms with Crippen molar-refractivity contribution in [3.8, 4) is 5.75 Å². The molecule has 1 unspecified atom stereocenters. The molecule has 0 bridgehead atoms. The van der Waals surface area contributed by atoms with Crippen molar-refractivity contribution in [2.75, 3.05) is 18.0 Å². The number of nitrogens with zero attached hydrogens (tertiary/aromatic N) is 2. The predicted molar refractivity (Wildman–Crippen MR) is 96.9 cm³/mol. The van der Waals surface area contributed by atoms with Crippen molar-refractivity contribution in [3.05, 3.63) is 59.2 Å². The second-order valence-corrected chi connectivity index (χ2v) is 6.64. The van der Waals surface area contributed by atoms with Crippen LogP contribution in [-0.2, 0) is 4.79 Å². The number of rotatable bonds is 2. The van der Waals surface area contributed by atoms with Crippen molar-refractivity contribution in [2.45, 2.75) is 26.8 Å². The molecule has 1 aliphatic rings. The first kappa shape index (κ1) is 17.0. The highest BCUT2D eigenvalue weighted by molar-refractivity contribution is 6.03. The summed E-state index contributed by atoms with van der Waals surface area (Å²) in [7, 11) is 0. The van der Waals surface area contributed by atoms with Crippen LogP contribution in [0.5, 0.6) is 5.75 Å².